The molecule has 2 aliphatic rings. The van der Waals surface area contributed by atoms with Crippen LogP contribution in [0.4, 0.5) is 0 Å². The van der Waals surface area contributed by atoms with Crippen LogP contribution in [0.3, 0.4) is 0 Å². The van der Waals surface area contributed by atoms with Crippen LogP contribution in [0.15, 0.2) is 0 Å². The van der Waals surface area contributed by atoms with Gasteiger partial charge in [0, 0.05) is 0 Å². The van der Waals surface area contributed by atoms with Gasteiger partial charge in [0.2, 0.25) is 0 Å². The molecule has 0 amide bonds. The van der Waals surface area contributed by atoms with E-state index in [-0.39, 0.29) is 29.7 Å². The molecule has 0 radical (unpaired) electrons. The summed E-state index contributed by atoms with van der Waals surface area (Å²) in [6.07, 6.45) is 5.76. The van der Waals surface area contributed by atoms with Gasteiger partial charge in [0.15, 0.2) is 0 Å². The van der Waals surface area contributed by atoms with Gasteiger partial charge in [-0.15, -0.1) is 0 Å². The summed E-state index contributed by atoms with van der Waals surface area (Å²) in [6.45, 7) is 4.33. The Bertz CT molecular complexity index is 342. The number of esters is 2. The molecule has 19 heavy (non-hydrogen) atoms. The average molecular weight is 268 g/mol. The van der Waals surface area contributed by atoms with E-state index in [0.717, 1.165) is 25.2 Å². The maximum absolute atomic E-state index is 12.2. The van der Waals surface area contributed by atoms with E-state index in [2.05, 4.69) is 0 Å². The maximum Gasteiger partial charge on any atom is 0.310 e. The van der Waals surface area contributed by atoms with Crippen molar-refractivity contribution in [3.05, 3.63) is 0 Å². The Labute approximate surface area is 114 Å². The second kappa shape index (κ2) is 5.93. The lowest BCUT2D eigenvalue weighted by Crippen LogP contribution is -2.36. The van der Waals surface area contributed by atoms with Crippen molar-refractivity contribution in [1.29, 1.82) is 0 Å². The zero-order valence-corrected chi connectivity index (χ0v) is 11.9. The van der Waals surface area contributed by atoms with E-state index in [4.69, 9.17) is 9.47 Å². The number of carbonyl (C=O) groups excluding carboxylic acids is 2. The highest BCUT2D eigenvalue weighted by Gasteiger charge is 2.53. The average Bonchev–Trinajstić information content (AvgIpc) is 2.97. The highest BCUT2D eigenvalue weighted by molar-refractivity contribution is 5.80. The molecule has 2 aliphatic carbocycles. The van der Waals surface area contributed by atoms with E-state index in [1.807, 2.05) is 6.92 Å². The van der Waals surface area contributed by atoms with Crippen molar-refractivity contribution in [2.75, 3.05) is 13.2 Å². The molecule has 4 heteroatoms. The lowest BCUT2D eigenvalue weighted by Gasteiger charge is -2.33. The van der Waals surface area contributed by atoms with Crippen molar-refractivity contribution < 1.29 is 19.1 Å². The third-order valence-electron chi connectivity index (χ3n) is 4.78. The van der Waals surface area contributed by atoms with E-state index in [9.17, 15) is 9.59 Å². The van der Waals surface area contributed by atoms with Crippen LogP contribution in [0.25, 0.3) is 0 Å². The van der Waals surface area contributed by atoms with Crippen LogP contribution in [-0.2, 0) is 19.1 Å². The molecule has 2 saturated carbocycles. The third-order valence-corrected chi connectivity index (χ3v) is 4.78. The fraction of sp³-hybridized carbons (Fsp3) is 0.867. The van der Waals surface area contributed by atoms with Gasteiger partial charge in [-0.1, -0.05) is 0 Å². The number of carbonyl (C=O) groups is 2. The first-order valence-electron chi connectivity index (χ1n) is 7.43. The van der Waals surface area contributed by atoms with Crippen molar-refractivity contribution >= 4 is 11.9 Å². The molecule has 108 valence electrons. The van der Waals surface area contributed by atoms with E-state index in [0.29, 0.717) is 13.2 Å². The molecule has 0 N–H and O–H groups in total. The van der Waals surface area contributed by atoms with E-state index >= 15 is 0 Å². The molecule has 2 fully saturated rings. The Morgan fingerprint density at radius 1 is 1.16 bits per heavy atom. The zero-order valence-electron chi connectivity index (χ0n) is 11.9. The second-order valence-electron chi connectivity index (χ2n) is 5.82. The van der Waals surface area contributed by atoms with Gasteiger partial charge in [-0.05, 0) is 57.3 Å². The molecule has 0 aromatic heterocycles. The molecule has 4 nitrogen and oxygen atoms in total. The SMILES string of the molecule is CCOC(=O)CC(C(=O)OCC)C12CCC(CC1)C2. The number of hydrogen-bond donors (Lipinski definition) is 0. The molecule has 0 saturated heterocycles. The van der Waals surface area contributed by atoms with Crippen LogP contribution in [0.5, 0.6) is 0 Å². The van der Waals surface area contributed by atoms with Crippen LogP contribution >= 0.6 is 0 Å². The molecular formula is C15H24O4. The fourth-order valence-electron chi connectivity index (χ4n) is 3.91. The normalized spacial score (nSPS) is 30.1. The van der Waals surface area contributed by atoms with E-state index < -0.39 is 0 Å². The van der Waals surface area contributed by atoms with Crippen molar-refractivity contribution in [1.82, 2.24) is 0 Å². The number of hydrogen-bond acceptors (Lipinski definition) is 4. The summed E-state index contributed by atoms with van der Waals surface area (Å²) >= 11 is 0. The molecular weight excluding hydrogens is 244 g/mol. The summed E-state index contributed by atoms with van der Waals surface area (Å²) in [5, 5.41) is 0. The van der Waals surface area contributed by atoms with Gasteiger partial charge in [-0.25, -0.2) is 0 Å². The smallest absolute Gasteiger partial charge is 0.310 e. The second-order valence-corrected chi connectivity index (χ2v) is 5.82. The summed E-state index contributed by atoms with van der Waals surface area (Å²) in [4.78, 5) is 24.0. The third kappa shape index (κ3) is 2.93. The molecule has 1 unspecified atom stereocenters. The van der Waals surface area contributed by atoms with Gasteiger partial charge in [0.1, 0.15) is 0 Å². The predicted octanol–water partition coefficient (Wildman–Crippen LogP) is 2.70. The summed E-state index contributed by atoms with van der Waals surface area (Å²) in [6, 6.07) is 0. The molecule has 0 aromatic rings. The molecule has 0 spiro atoms. The van der Waals surface area contributed by atoms with Crippen LogP contribution in [0.2, 0.25) is 0 Å². The quantitative estimate of drug-likeness (QED) is 0.695. The lowest BCUT2D eigenvalue weighted by molar-refractivity contribution is -0.160. The van der Waals surface area contributed by atoms with E-state index in [1.165, 1.54) is 12.8 Å². The van der Waals surface area contributed by atoms with Gasteiger partial charge >= 0.3 is 11.9 Å². The standard InChI is InChI=1S/C15H24O4/c1-3-18-13(16)9-12(14(17)19-4-2)15-7-5-11(10-15)6-8-15/h11-12H,3-10H2,1-2H3. The van der Waals surface area contributed by atoms with Crippen LogP contribution in [0, 0.1) is 17.3 Å². The topological polar surface area (TPSA) is 52.6 Å². The van der Waals surface area contributed by atoms with Crippen LogP contribution < -0.4 is 0 Å². The van der Waals surface area contributed by atoms with E-state index in [1.54, 1.807) is 6.92 Å². The van der Waals surface area contributed by atoms with Crippen molar-refractivity contribution in [2.45, 2.75) is 52.4 Å². The van der Waals surface area contributed by atoms with Gasteiger partial charge in [0.25, 0.3) is 0 Å². The van der Waals surface area contributed by atoms with Crippen molar-refractivity contribution in [3.63, 3.8) is 0 Å². The monoisotopic (exact) mass is 268 g/mol. The maximum atomic E-state index is 12.2. The molecule has 2 rings (SSSR count). The minimum absolute atomic E-state index is 0.00365. The molecule has 2 bridgehead atoms. The lowest BCUT2D eigenvalue weighted by atomic mass is 9.71. The Kier molecular flexibility index (Phi) is 4.48. The Morgan fingerprint density at radius 2 is 1.79 bits per heavy atom. The van der Waals surface area contributed by atoms with Gasteiger partial charge < -0.3 is 9.47 Å². The van der Waals surface area contributed by atoms with Crippen molar-refractivity contribution in [3.8, 4) is 0 Å². The summed E-state index contributed by atoms with van der Waals surface area (Å²) in [7, 11) is 0. The summed E-state index contributed by atoms with van der Waals surface area (Å²) in [5.74, 6) is -0.0403. The van der Waals surface area contributed by atoms with Gasteiger partial charge in [-0.3, -0.25) is 9.59 Å². The Balaban J connectivity index is 2.09. The number of rotatable bonds is 6. The predicted molar refractivity (Wildman–Crippen MR) is 70.4 cm³/mol. The van der Waals surface area contributed by atoms with Gasteiger partial charge in [-0.2, -0.15) is 0 Å². The zero-order chi connectivity index (χ0) is 13.9. The van der Waals surface area contributed by atoms with Crippen molar-refractivity contribution in [2.24, 2.45) is 17.3 Å². The molecule has 0 aromatic carbocycles. The van der Waals surface area contributed by atoms with Crippen LogP contribution in [0.1, 0.15) is 52.4 Å². The van der Waals surface area contributed by atoms with Gasteiger partial charge in [0.05, 0.1) is 25.6 Å². The first-order valence-corrected chi connectivity index (χ1v) is 7.43. The molecule has 0 aliphatic heterocycles. The highest BCUT2D eigenvalue weighted by atomic mass is 16.5. The molecule has 1 atom stereocenters. The first-order chi connectivity index (χ1) is 9.11. The summed E-state index contributed by atoms with van der Waals surface area (Å²) < 4.78 is 10.2. The minimum Gasteiger partial charge on any atom is -0.466 e. The summed E-state index contributed by atoms with van der Waals surface area (Å²) in [5.41, 5.74) is 0.00365. The fourth-order valence-corrected chi connectivity index (χ4v) is 3.91. The Hall–Kier alpha value is -1.06. The number of ether oxygens (including phenoxy) is 2. The highest BCUT2D eigenvalue weighted by Crippen LogP contribution is 2.59. The Morgan fingerprint density at radius 3 is 2.26 bits per heavy atom. The number of fused-ring (bicyclic) bond motifs is 2. The molecule has 0 heterocycles. The first kappa shape index (κ1) is 14.4. The largest absolute Gasteiger partial charge is 0.466 e. The minimum atomic E-state index is -0.306. The van der Waals surface area contributed by atoms with Crippen LogP contribution in [-0.4, -0.2) is 25.2 Å².